The molecule has 122 valence electrons. The summed E-state index contributed by atoms with van der Waals surface area (Å²) in [6.07, 6.45) is -0.0432. The van der Waals surface area contributed by atoms with Crippen molar-refractivity contribution in [3.05, 3.63) is 11.1 Å². The zero-order chi connectivity index (χ0) is 16.6. The second kappa shape index (κ2) is 5.51. The monoisotopic (exact) mass is 329 g/mol. The first-order valence-corrected chi connectivity index (χ1v) is 7.76. The van der Waals surface area contributed by atoms with Crippen molar-refractivity contribution in [1.82, 2.24) is 4.90 Å². The van der Waals surface area contributed by atoms with Gasteiger partial charge in [0.1, 0.15) is 10.6 Å². The van der Waals surface area contributed by atoms with E-state index in [9.17, 15) is 26.4 Å². The van der Waals surface area contributed by atoms with Crippen LogP contribution in [0.5, 0.6) is 0 Å². The molecule has 0 saturated heterocycles. The number of rotatable bonds is 1. The fraction of sp³-hybridized carbons (Fsp3) is 0.750. The number of carbonyl (C=O) groups excluding carboxylic acids is 1. The third-order valence-electron chi connectivity index (χ3n) is 2.65. The first kappa shape index (κ1) is 17.8. The van der Waals surface area contributed by atoms with Gasteiger partial charge in [0.2, 0.25) is 0 Å². The lowest BCUT2D eigenvalue weighted by atomic mass is 10.1. The number of carbonyl (C=O) groups is 1. The molecule has 0 spiro atoms. The Bertz CT molecular complexity index is 546. The molecular formula is C12H18F3NO4S. The highest BCUT2D eigenvalue weighted by molar-refractivity contribution is 7.96. The molecule has 0 bridgehead atoms. The van der Waals surface area contributed by atoms with Crippen LogP contribution in [0.25, 0.3) is 0 Å². The summed E-state index contributed by atoms with van der Waals surface area (Å²) in [6, 6.07) is 0. The molecule has 0 saturated carbocycles. The van der Waals surface area contributed by atoms with Gasteiger partial charge in [-0.05, 0) is 39.2 Å². The summed E-state index contributed by atoms with van der Waals surface area (Å²) in [5.74, 6) is -0.162. The summed E-state index contributed by atoms with van der Waals surface area (Å²) in [6.45, 7) is 6.18. The van der Waals surface area contributed by atoms with Crippen molar-refractivity contribution in [3.8, 4) is 0 Å². The first-order chi connectivity index (χ1) is 9.25. The lowest BCUT2D eigenvalue weighted by Gasteiger charge is -2.33. The van der Waals surface area contributed by atoms with E-state index in [1.54, 1.807) is 27.7 Å². The maximum absolute atomic E-state index is 12.7. The Kier molecular flexibility index (Phi) is 4.67. The molecule has 1 aliphatic rings. The van der Waals surface area contributed by atoms with Gasteiger partial charge in [-0.1, -0.05) is 6.92 Å². The fourth-order valence-corrected chi connectivity index (χ4v) is 2.74. The van der Waals surface area contributed by atoms with Crippen molar-refractivity contribution >= 4 is 15.9 Å². The van der Waals surface area contributed by atoms with Gasteiger partial charge in [-0.15, -0.1) is 0 Å². The molecule has 5 nitrogen and oxygen atoms in total. The van der Waals surface area contributed by atoms with Crippen molar-refractivity contribution in [2.24, 2.45) is 5.92 Å². The van der Waals surface area contributed by atoms with E-state index in [1.807, 2.05) is 0 Å². The lowest BCUT2D eigenvalue weighted by Crippen LogP contribution is -2.44. The van der Waals surface area contributed by atoms with Gasteiger partial charge in [0.15, 0.2) is 0 Å². The number of allylic oxidation sites excluding steroid dienone is 1. The van der Waals surface area contributed by atoms with Crippen molar-refractivity contribution < 1.29 is 31.1 Å². The molecule has 21 heavy (non-hydrogen) atoms. The Morgan fingerprint density at radius 2 is 1.86 bits per heavy atom. The van der Waals surface area contributed by atoms with Crippen LogP contribution in [-0.4, -0.2) is 37.1 Å². The molecule has 1 amide bonds. The van der Waals surface area contributed by atoms with E-state index >= 15 is 0 Å². The first-order valence-electron chi connectivity index (χ1n) is 6.28. The highest BCUT2D eigenvalue weighted by Crippen LogP contribution is 2.35. The van der Waals surface area contributed by atoms with Crippen LogP contribution in [0.2, 0.25) is 0 Å². The largest absolute Gasteiger partial charge is 0.503 e. The molecule has 0 radical (unpaired) electrons. The molecule has 9 heteroatoms. The molecule has 1 heterocycles. The number of nitrogens with zero attached hydrogens (tertiary/aromatic N) is 1. The summed E-state index contributed by atoms with van der Waals surface area (Å²) >= 11 is 0. The molecule has 1 atom stereocenters. The number of amides is 1. The average Bonchev–Trinajstić information content (AvgIpc) is 2.24. The number of ether oxygens (including phenoxy) is 1. The number of hydrogen-bond donors (Lipinski definition) is 0. The lowest BCUT2D eigenvalue weighted by molar-refractivity contribution is -0.0435. The van der Waals surface area contributed by atoms with Gasteiger partial charge in [-0.2, -0.15) is 13.2 Å². The van der Waals surface area contributed by atoms with Crippen LogP contribution < -0.4 is 0 Å². The molecule has 0 fully saturated rings. The summed E-state index contributed by atoms with van der Waals surface area (Å²) in [7, 11) is -5.59. The number of halogens is 3. The van der Waals surface area contributed by atoms with Gasteiger partial charge in [0.05, 0.1) is 0 Å². The maximum Gasteiger partial charge on any atom is 0.503 e. The fourth-order valence-electron chi connectivity index (χ4n) is 1.74. The van der Waals surface area contributed by atoms with Crippen molar-refractivity contribution in [2.45, 2.75) is 45.2 Å². The summed E-state index contributed by atoms with van der Waals surface area (Å²) in [4.78, 5) is 12.5. The molecule has 0 unspecified atom stereocenters. The topological polar surface area (TPSA) is 63.7 Å². The smallest absolute Gasteiger partial charge is 0.443 e. The zero-order valence-corrected chi connectivity index (χ0v) is 13.0. The Labute approximate surface area is 121 Å². The Morgan fingerprint density at radius 1 is 1.33 bits per heavy atom. The summed E-state index contributed by atoms with van der Waals surface area (Å²) < 4.78 is 66.1. The molecule has 0 aromatic heterocycles. The summed E-state index contributed by atoms with van der Waals surface area (Å²) in [5, 5.41) is -1.05. The van der Waals surface area contributed by atoms with Gasteiger partial charge in [-0.3, -0.25) is 4.90 Å². The quantitative estimate of drug-likeness (QED) is 0.742. The molecule has 1 aliphatic heterocycles. The zero-order valence-electron chi connectivity index (χ0n) is 12.2. The predicted octanol–water partition coefficient (Wildman–Crippen LogP) is 3.04. The van der Waals surface area contributed by atoms with E-state index < -0.39 is 32.1 Å². The standard InChI is InChI=1S/C12H18F3NO4S/c1-8-5-6-9(21(18,19)12(13,14)15)16(7-8)10(17)20-11(2,3)4/h6,8H,5,7H2,1-4H3/t8-/m0/s1. The maximum atomic E-state index is 12.7. The van der Waals surface area contributed by atoms with Crippen LogP contribution in [0.3, 0.4) is 0 Å². The van der Waals surface area contributed by atoms with Gasteiger partial charge in [-0.25, -0.2) is 13.2 Å². The average molecular weight is 329 g/mol. The molecule has 0 aliphatic carbocycles. The van der Waals surface area contributed by atoms with Crippen LogP contribution in [0.4, 0.5) is 18.0 Å². The predicted molar refractivity (Wildman–Crippen MR) is 69.8 cm³/mol. The van der Waals surface area contributed by atoms with E-state index in [0.29, 0.717) is 4.90 Å². The highest BCUT2D eigenvalue weighted by atomic mass is 32.2. The van der Waals surface area contributed by atoms with Crippen LogP contribution in [0.15, 0.2) is 11.1 Å². The van der Waals surface area contributed by atoms with Crippen LogP contribution in [0, 0.1) is 5.92 Å². The Balaban J connectivity index is 3.20. The molecular weight excluding hydrogens is 311 g/mol. The van der Waals surface area contributed by atoms with E-state index in [1.165, 1.54) is 0 Å². The SMILES string of the molecule is C[C@H]1CC=C(S(=O)(=O)C(F)(F)F)N(C(=O)OC(C)(C)C)C1. The van der Waals surface area contributed by atoms with Crippen molar-refractivity contribution in [1.29, 1.82) is 0 Å². The van der Waals surface area contributed by atoms with Gasteiger partial charge in [0, 0.05) is 6.54 Å². The minimum Gasteiger partial charge on any atom is -0.443 e. The Hall–Kier alpha value is -1.25. The van der Waals surface area contributed by atoms with Gasteiger partial charge >= 0.3 is 11.6 Å². The van der Waals surface area contributed by atoms with Crippen LogP contribution in [-0.2, 0) is 14.6 Å². The number of hydrogen-bond acceptors (Lipinski definition) is 4. The molecule has 0 N–H and O–H groups in total. The third kappa shape index (κ3) is 4.12. The minimum atomic E-state index is -5.59. The molecule has 0 aromatic carbocycles. The van der Waals surface area contributed by atoms with Gasteiger partial charge in [0.25, 0.3) is 9.84 Å². The third-order valence-corrected chi connectivity index (χ3v) is 4.20. The molecule has 0 aromatic rings. The van der Waals surface area contributed by atoms with Gasteiger partial charge < -0.3 is 4.74 Å². The van der Waals surface area contributed by atoms with E-state index in [-0.39, 0.29) is 18.9 Å². The van der Waals surface area contributed by atoms with Crippen molar-refractivity contribution in [2.75, 3.05) is 6.54 Å². The molecule has 1 rings (SSSR count). The second-order valence-corrected chi connectivity index (χ2v) is 7.81. The van der Waals surface area contributed by atoms with E-state index in [0.717, 1.165) is 6.08 Å². The van der Waals surface area contributed by atoms with E-state index in [2.05, 4.69) is 0 Å². The normalized spacial score (nSPS) is 21.0. The van der Waals surface area contributed by atoms with Crippen LogP contribution >= 0.6 is 0 Å². The van der Waals surface area contributed by atoms with E-state index in [4.69, 9.17) is 4.74 Å². The summed E-state index contributed by atoms with van der Waals surface area (Å²) in [5.41, 5.74) is -6.40. The number of alkyl halides is 3. The highest BCUT2D eigenvalue weighted by Gasteiger charge is 2.52. The minimum absolute atomic E-state index is 0.143. The van der Waals surface area contributed by atoms with Crippen LogP contribution in [0.1, 0.15) is 34.1 Å². The van der Waals surface area contributed by atoms with Crippen molar-refractivity contribution in [3.63, 3.8) is 0 Å². The number of sulfone groups is 1. The second-order valence-electron chi connectivity index (χ2n) is 5.92. The Morgan fingerprint density at radius 3 is 2.29 bits per heavy atom.